The van der Waals surface area contributed by atoms with Gasteiger partial charge < -0.3 is 10.4 Å². The third-order valence-corrected chi connectivity index (χ3v) is 4.02. The van der Waals surface area contributed by atoms with Crippen molar-refractivity contribution < 1.29 is 27.9 Å². The number of anilines is 1. The molecule has 0 aromatic heterocycles. The molecule has 1 heterocycles. The van der Waals surface area contributed by atoms with E-state index in [9.17, 15) is 22.8 Å². The molecule has 0 fully saturated rings. The predicted molar refractivity (Wildman–Crippen MR) is 92.4 cm³/mol. The van der Waals surface area contributed by atoms with Crippen LogP contribution < -0.4 is 5.32 Å². The van der Waals surface area contributed by atoms with Gasteiger partial charge in [-0.15, -0.1) is 0 Å². The van der Waals surface area contributed by atoms with Gasteiger partial charge in [0.05, 0.1) is 18.7 Å². The fourth-order valence-corrected chi connectivity index (χ4v) is 2.69. The molecule has 2 aromatic carbocycles. The number of nitrogens with zero attached hydrogens (tertiary/aromatic N) is 1. The van der Waals surface area contributed by atoms with Crippen molar-refractivity contribution in [3.63, 3.8) is 0 Å². The van der Waals surface area contributed by atoms with Crippen molar-refractivity contribution in [2.45, 2.75) is 6.18 Å². The highest BCUT2D eigenvalue weighted by Gasteiger charge is 2.31. The Balaban J connectivity index is 1.76. The first-order valence-corrected chi connectivity index (χ1v) is 8.02. The molecule has 0 radical (unpaired) electrons. The monoisotopic (exact) mass is 376 g/mol. The molecule has 0 spiro atoms. The van der Waals surface area contributed by atoms with Crippen LogP contribution in [0.3, 0.4) is 0 Å². The molecule has 3 rings (SSSR count). The maximum absolute atomic E-state index is 12.8. The van der Waals surface area contributed by atoms with Crippen LogP contribution in [-0.2, 0) is 15.8 Å². The van der Waals surface area contributed by atoms with E-state index in [0.717, 1.165) is 23.1 Å². The normalized spacial score (nSPS) is 14.5. The van der Waals surface area contributed by atoms with Crippen LogP contribution in [0.4, 0.5) is 18.9 Å². The smallest absolute Gasteiger partial charge is 0.395 e. The quantitative estimate of drug-likeness (QED) is 0.787. The average molecular weight is 376 g/mol. The molecule has 8 heteroatoms. The van der Waals surface area contributed by atoms with Crippen LogP contribution in [0, 0.1) is 0 Å². The number of carbonyl (C=O) groups excluding carboxylic acids is 2. The maximum atomic E-state index is 12.8. The van der Waals surface area contributed by atoms with E-state index < -0.39 is 23.6 Å². The Morgan fingerprint density at radius 3 is 2.33 bits per heavy atom. The predicted octanol–water partition coefficient (Wildman–Crippen LogP) is 3.03. The van der Waals surface area contributed by atoms with Crippen molar-refractivity contribution in [2.24, 2.45) is 0 Å². The number of imide groups is 1. The molecule has 1 aliphatic rings. The molecule has 27 heavy (non-hydrogen) atoms. The standard InChI is InChI=1S/C19H15F3N2O3/c20-19(21,22)14-3-1-2-13(10-14)12-4-6-15(7-5-12)23-16-11-17(26)24(8-9-25)18(16)27/h1-7,10-11,23,25H,8-9H2. The van der Waals surface area contributed by atoms with Crippen molar-refractivity contribution in [1.29, 1.82) is 0 Å². The van der Waals surface area contributed by atoms with Crippen molar-refractivity contribution in [3.05, 3.63) is 65.9 Å². The highest BCUT2D eigenvalue weighted by atomic mass is 19.4. The lowest BCUT2D eigenvalue weighted by Gasteiger charge is -2.13. The molecule has 5 nitrogen and oxygen atoms in total. The van der Waals surface area contributed by atoms with Crippen molar-refractivity contribution in [2.75, 3.05) is 18.5 Å². The van der Waals surface area contributed by atoms with Gasteiger partial charge in [-0.05, 0) is 35.4 Å². The van der Waals surface area contributed by atoms with Crippen LogP contribution in [0.5, 0.6) is 0 Å². The number of benzene rings is 2. The number of carbonyl (C=O) groups is 2. The largest absolute Gasteiger partial charge is 0.416 e. The lowest BCUT2D eigenvalue weighted by molar-refractivity contribution is -0.138. The fourth-order valence-electron chi connectivity index (χ4n) is 2.69. The van der Waals surface area contributed by atoms with Crippen LogP contribution in [0.1, 0.15) is 5.56 Å². The first kappa shape index (κ1) is 18.7. The third-order valence-electron chi connectivity index (χ3n) is 4.02. The molecule has 1 aliphatic heterocycles. The molecule has 0 aliphatic carbocycles. The number of alkyl halides is 3. The number of rotatable bonds is 5. The van der Waals surface area contributed by atoms with Gasteiger partial charge >= 0.3 is 6.18 Å². The van der Waals surface area contributed by atoms with Gasteiger partial charge in [-0.25, -0.2) is 0 Å². The summed E-state index contributed by atoms with van der Waals surface area (Å²) in [5, 5.41) is 11.7. The zero-order valence-electron chi connectivity index (χ0n) is 14.0. The first-order chi connectivity index (χ1) is 12.8. The van der Waals surface area contributed by atoms with E-state index in [4.69, 9.17) is 5.11 Å². The third kappa shape index (κ3) is 4.01. The molecule has 0 unspecified atom stereocenters. The minimum Gasteiger partial charge on any atom is -0.395 e. The molecule has 0 saturated carbocycles. The Morgan fingerprint density at radius 1 is 1.00 bits per heavy atom. The Morgan fingerprint density at radius 2 is 1.70 bits per heavy atom. The molecule has 0 bridgehead atoms. The summed E-state index contributed by atoms with van der Waals surface area (Å²) in [6.07, 6.45) is -3.28. The lowest BCUT2D eigenvalue weighted by Crippen LogP contribution is -2.34. The Labute approximate surface area is 152 Å². The SMILES string of the molecule is O=C1C=C(Nc2ccc(-c3cccc(C(F)(F)F)c3)cc2)C(=O)N1CCO. The molecular weight excluding hydrogens is 361 g/mol. The highest BCUT2D eigenvalue weighted by Crippen LogP contribution is 2.32. The van der Waals surface area contributed by atoms with Crippen molar-refractivity contribution in [1.82, 2.24) is 4.90 Å². The Hall–Kier alpha value is -3.13. The molecular formula is C19H15F3N2O3. The Kier molecular flexibility index (Phi) is 5.00. The van der Waals surface area contributed by atoms with Gasteiger partial charge in [0, 0.05) is 11.8 Å². The number of hydrogen-bond donors (Lipinski definition) is 2. The summed E-state index contributed by atoms with van der Waals surface area (Å²) in [5.41, 5.74) is 0.837. The maximum Gasteiger partial charge on any atom is 0.416 e. The molecule has 140 valence electrons. The number of amides is 2. The van der Waals surface area contributed by atoms with Crippen LogP contribution in [0.15, 0.2) is 60.3 Å². The molecule has 0 atom stereocenters. The minimum absolute atomic E-state index is 0.0697. The van der Waals surface area contributed by atoms with E-state index in [1.807, 2.05) is 0 Å². The Bertz CT molecular complexity index is 905. The van der Waals surface area contributed by atoms with Crippen molar-refractivity contribution in [3.8, 4) is 11.1 Å². The fraction of sp³-hybridized carbons (Fsp3) is 0.158. The summed E-state index contributed by atoms with van der Waals surface area (Å²) in [5.74, 6) is -1.06. The zero-order chi connectivity index (χ0) is 19.6. The zero-order valence-corrected chi connectivity index (χ0v) is 14.0. The number of β-amino-alcohol motifs (C(OH)–C–C–N with tert-alkyl or cyclic N) is 1. The average Bonchev–Trinajstić information content (AvgIpc) is 2.90. The molecule has 0 saturated heterocycles. The number of aliphatic hydroxyl groups excluding tert-OH is 1. The summed E-state index contributed by atoms with van der Waals surface area (Å²) in [6.45, 7) is -0.419. The molecule has 2 amide bonds. The summed E-state index contributed by atoms with van der Waals surface area (Å²) in [6, 6.07) is 11.4. The molecule has 2 N–H and O–H groups in total. The van der Waals surface area contributed by atoms with E-state index in [-0.39, 0.29) is 18.8 Å². The topological polar surface area (TPSA) is 69.6 Å². The van der Waals surface area contributed by atoms with Gasteiger partial charge in [0.15, 0.2) is 0 Å². The summed E-state index contributed by atoms with van der Waals surface area (Å²) >= 11 is 0. The van der Waals surface area contributed by atoms with Crippen LogP contribution >= 0.6 is 0 Å². The second-order valence-corrected chi connectivity index (χ2v) is 5.86. The van der Waals surface area contributed by atoms with Gasteiger partial charge in [-0.2, -0.15) is 13.2 Å². The second kappa shape index (κ2) is 7.24. The van der Waals surface area contributed by atoms with E-state index in [1.165, 1.54) is 6.07 Å². The van der Waals surface area contributed by atoms with Crippen LogP contribution in [0.25, 0.3) is 11.1 Å². The van der Waals surface area contributed by atoms with Crippen molar-refractivity contribution >= 4 is 17.5 Å². The van der Waals surface area contributed by atoms with E-state index in [1.54, 1.807) is 30.3 Å². The van der Waals surface area contributed by atoms with E-state index >= 15 is 0 Å². The highest BCUT2D eigenvalue weighted by molar-refractivity contribution is 6.17. The van der Waals surface area contributed by atoms with E-state index in [2.05, 4.69) is 5.32 Å². The van der Waals surface area contributed by atoms with Gasteiger partial charge in [-0.1, -0.05) is 24.3 Å². The first-order valence-electron chi connectivity index (χ1n) is 8.02. The summed E-state index contributed by atoms with van der Waals surface area (Å²) in [4.78, 5) is 24.7. The minimum atomic E-state index is -4.42. The second-order valence-electron chi connectivity index (χ2n) is 5.86. The number of hydrogen-bond acceptors (Lipinski definition) is 4. The van der Waals surface area contributed by atoms with Crippen LogP contribution in [0.2, 0.25) is 0 Å². The molecule has 2 aromatic rings. The van der Waals surface area contributed by atoms with Crippen LogP contribution in [-0.4, -0.2) is 35.0 Å². The number of aliphatic hydroxyl groups is 1. The number of nitrogens with one attached hydrogen (secondary N) is 1. The van der Waals surface area contributed by atoms with Gasteiger partial charge in [0.1, 0.15) is 5.70 Å². The number of halogens is 3. The van der Waals surface area contributed by atoms with Gasteiger partial charge in [0.25, 0.3) is 11.8 Å². The summed E-state index contributed by atoms with van der Waals surface area (Å²) in [7, 11) is 0. The van der Waals surface area contributed by atoms with Gasteiger partial charge in [-0.3, -0.25) is 14.5 Å². The van der Waals surface area contributed by atoms with Gasteiger partial charge in [0.2, 0.25) is 0 Å². The lowest BCUT2D eigenvalue weighted by atomic mass is 10.0. The van der Waals surface area contributed by atoms with E-state index in [0.29, 0.717) is 16.8 Å². The summed E-state index contributed by atoms with van der Waals surface area (Å²) < 4.78 is 38.5.